The molecule has 0 radical (unpaired) electrons. The molecule has 0 spiro atoms. The SMILES string of the molecule is O=[N+]([O-])c1ccccc1CN(c1nc(C2CC2)ns1)C1CC1. The highest BCUT2D eigenvalue weighted by Gasteiger charge is 2.34. The maximum atomic E-state index is 11.2. The summed E-state index contributed by atoms with van der Waals surface area (Å²) in [6.45, 7) is 0.529. The lowest BCUT2D eigenvalue weighted by Gasteiger charge is -2.20. The Kier molecular flexibility index (Phi) is 3.29. The van der Waals surface area contributed by atoms with Crippen molar-refractivity contribution < 1.29 is 4.92 Å². The van der Waals surface area contributed by atoms with E-state index < -0.39 is 0 Å². The fourth-order valence-corrected chi connectivity index (χ4v) is 3.41. The number of nitrogens with zero attached hydrogens (tertiary/aromatic N) is 4. The smallest absolute Gasteiger partial charge is 0.274 e. The molecule has 2 fully saturated rings. The average molecular weight is 316 g/mol. The van der Waals surface area contributed by atoms with E-state index in [0.29, 0.717) is 18.5 Å². The molecule has 0 N–H and O–H groups in total. The van der Waals surface area contributed by atoms with Gasteiger partial charge in [-0.1, -0.05) is 18.2 Å². The van der Waals surface area contributed by atoms with Gasteiger partial charge in [0.2, 0.25) is 5.13 Å². The molecule has 1 heterocycles. The molecular formula is C15H16N4O2S. The number of para-hydroxylation sites is 1. The van der Waals surface area contributed by atoms with Crippen molar-refractivity contribution >= 4 is 22.4 Å². The summed E-state index contributed by atoms with van der Waals surface area (Å²) in [6, 6.07) is 7.40. The Morgan fingerprint density at radius 2 is 2.05 bits per heavy atom. The van der Waals surface area contributed by atoms with Crippen molar-refractivity contribution in [3.05, 3.63) is 45.8 Å². The second-order valence-electron chi connectivity index (χ2n) is 5.95. The van der Waals surface area contributed by atoms with Crippen LogP contribution in [0, 0.1) is 10.1 Å². The summed E-state index contributed by atoms with van der Waals surface area (Å²) in [5.74, 6) is 1.49. The molecule has 2 saturated carbocycles. The molecule has 2 aromatic rings. The molecule has 0 amide bonds. The van der Waals surface area contributed by atoms with Gasteiger partial charge in [0.15, 0.2) is 0 Å². The minimum Gasteiger partial charge on any atom is -0.339 e. The first-order chi connectivity index (χ1) is 10.7. The minimum absolute atomic E-state index is 0.181. The van der Waals surface area contributed by atoms with E-state index in [1.54, 1.807) is 12.1 Å². The molecule has 0 unspecified atom stereocenters. The lowest BCUT2D eigenvalue weighted by molar-refractivity contribution is -0.385. The Balaban J connectivity index is 1.61. The van der Waals surface area contributed by atoms with Crippen molar-refractivity contribution in [2.75, 3.05) is 4.90 Å². The first-order valence-electron chi connectivity index (χ1n) is 7.55. The number of hydrogen-bond donors (Lipinski definition) is 0. The van der Waals surface area contributed by atoms with Crippen LogP contribution in [-0.4, -0.2) is 20.3 Å². The zero-order chi connectivity index (χ0) is 15.1. The van der Waals surface area contributed by atoms with Crippen molar-refractivity contribution in [2.45, 2.75) is 44.2 Å². The first-order valence-corrected chi connectivity index (χ1v) is 8.32. The summed E-state index contributed by atoms with van der Waals surface area (Å²) in [7, 11) is 0. The molecule has 0 atom stereocenters. The summed E-state index contributed by atoms with van der Waals surface area (Å²) in [6.07, 6.45) is 4.62. The molecule has 22 heavy (non-hydrogen) atoms. The van der Waals surface area contributed by atoms with Gasteiger partial charge in [-0.2, -0.15) is 4.37 Å². The van der Waals surface area contributed by atoms with Crippen LogP contribution in [0.15, 0.2) is 24.3 Å². The van der Waals surface area contributed by atoms with Crippen LogP contribution in [0.4, 0.5) is 10.8 Å². The van der Waals surface area contributed by atoms with Crippen LogP contribution in [0.5, 0.6) is 0 Å². The molecular weight excluding hydrogens is 300 g/mol. The number of anilines is 1. The predicted octanol–water partition coefficient (Wildman–Crippen LogP) is 3.49. The molecule has 114 valence electrons. The molecule has 6 nitrogen and oxygen atoms in total. The topological polar surface area (TPSA) is 72.2 Å². The summed E-state index contributed by atoms with van der Waals surface area (Å²) < 4.78 is 4.46. The molecule has 7 heteroatoms. The third-order valence-corrected chi connectivity index (χ3v) is 4.90. The predicted molar refractivity (Wildman–Crippen MR) is 84.2 cm³/mol. The van der Waals surface area contributed by atoms with Crippen LogP contribution in [0.25, 0.3) is 0 Å². The average Bonchev–Trinajstić information content (AvgIpc) is 3.44. The van der Waals surface area contributed by atoms with Gasteiger partial charge in [-0.05, 0) is 25.7 Å². The number of rotatable bonds is 6. The van der Waals surface area contributed by atoms with Gasteiger partial charge < -0.3 is 4.90 Å². The first kappa shape index (κ1) is 13.6. The van der Waals surface area contributed by atoms with E-state index in [0.717, 1.165) is 29.4 Å². The molecule has 0 aliphatic heterocycles. The minimum atomic E-state index is -0.309. The lowest BCUT2D eigenvalue weighted by atomic mass is 10.1. The van der Waals surface area contributed by atoms with Gasteiger partial charge in [0, 0.05) is 35.1 Å². The Bertz CT molecular complexity index is 709. The van der Waals surface area contributed by atoms with Crippen LogP contribution >= 0.6 is 11.5 Å². The van der Waals surface area contributed by atoms with E-state index in [2.05, 4.69) is 14.3 Å². The zero-order valence-corrected chi connectivity index (χ0v) is 12.8. The quantitative estimate of drug-likeness (QED) is 0.602. The number of nitro benzene ring substituents is 1. The molecule has 2 aliphatic carbocycles. The van der Waals surface area contributed by atoms with Crippen molar-refractivity contribution in [3.8, 4) is 0 Å². The van der Waals surface area contributed by atoms with Crippen molar-refractivity contribution in [1.82, 2.24) is 9.36 Å². The summed E-state index contributed by atoms with van der Waals surface area (Å²) >= 11 is 1.42. The Morgan fingerprint density at radius 3 is 2.73 bits per heavy atom. The standard InChI is InChI=1S/C15H16N4O2S/c20-19(21)13-4-2-1-3-11(13)9-18(12-7-8-12)15-16-14(17-22-15)10-5-6-10/h1-4,10,12H,5-9H2. The monoisotopic (exact) mass is 316 g/mol. The number of nitro groups is 1. The second-order valence-corrected chi connectivity index (χ2v) is 6.68. The van der Waals surface area contributed by atoms with E-state index in [4.69, 9.17) is 0 Å². The summed E-state index contributed by atoms with van der Waals surface area (Å²) in [5, 5.41) is 12.1. The fourth-order valence-electron chi connectivity index (χ4n) is 2.60. The van der Waals surface area contributed by atoms with Crippen molar-refractivity contribution in [2.24, 2.45) is 0 Å². The molecule has 1 aromatic carbocycles. The van der Waals surface area contributed by atoms with Gasteiger partial charge in [-0.25, -0.2) is 4.98 Å². The Labute approximate surface area is 132 Å². The van der Waals surface area contributed by atoms with Gasteiger partial charge >= 0.3 is 0 Å². The third kappa shape index (κ3) is 2.68. The number of hydrogen-bond acceptors (Lipinski definition) is 6. The van der Waals surface area contributed by atoms with Gasteiger partial charge in [0.25, 0.3) is 5.69 Å². The van der Waals surface area contributed by atoms with E-state index in [1.807, 2.05) is 12.1 Å². The van der Waals surface area contributed by atoms with Crippen LogP contribution in [0.2, 0.25) is 0 Å². The lowest BCUT2D eigenvalue weighted by Crippen LogP contribution is -2.25. The molecule has 4 rings (SSSR count). The zero-order valence-electron chi connectivity index (χ0n) is 12.0. The third-order valence-electron chi connectivity index (χ3n) is 4.14. The van der Waals surface area contributed by atoms with Gasteiger partial charge in [0.05, 0.1) is 11.5 Å². The van der Waals surface area contributed by atoms with E-state index in [-0.39, 0.29) is 10.6 Å². The summed E-state index contributed by atoms with van der Waals surface area (Å²) in [4.78, 5) is 17.7. The van der Waals surface area contributed by atoms with E-state index in [9.17, 15) is 10.1 Å². The molecule has 0 saturated heterocycles. The molecule has 1 aromatic heterocycles. The number of benzene rings is 1. The van der Waals surface area contributed by atoms with E-state index in [1.165, 1.54) is 24.4 Å². The molecule has 2 aliphatic rings. The fraction of sp³-hybridized carbons (Fsp3) is 0.467. The van der Waals surface area contributed by atoms with Gasteiger partial charge in [-0.15, -0.1) is 0 Å². The van der Waals surface area contributed by atoms with Crippen LogP contribution in [-0.2, 0) is 6.54 Å². The van der Waals surface area contributed by atoms with Crippen molar-refractivity contribution in [3.63, 3.8) is 0 Å². The normalized spacial score (nSPS) is 17.5. The van der Waals surface area contributed by atoms with Crippen LogP contribution in [0.1, 0.15) is 43.0 Å². The van der Waals surface area contributed by atoms with Crippen LogP contribution in [0.3, 0.4) is 0 Å². The summed E-state index contributed by atoms with van der Waals surface area (Å²) in [5.41, 5.74) is 0.919. The highest BCUT2D eigenvalue weighted by atomic mass is 32.1. The van der Waals surface area contributed by atoms with Gasteiger partial charge in [-0.3, -0.25) is 10.1 Å². The van der Waals surface area contributed by atoms with Gasteiger partial charge in [0.1, 0.15) is 5.82 Å². The van der Waals surface area contributed by atoms with Crippen LogP contribution < -0.4 is 4.90 Å². The van der Waals surface area contributed by atoms with Crippen molar-refractivity contribution in [1.29, 1.82) is 0 Å². The number of aromatic nitrogens is 2. The molecule has 0 bridgehead atoms. The van der Waals surface area contributed by atoms with E-state index >= 15 is 0 Å². The maximum Gasteiger partial charge on any atom is 0.274 e. The largest absolute Gasteiger partial charge is 0.339 e. The maximum absolute atomic E-state index is 11.2. The highest BCUT2D eigenvalue weighted by Crippen LogP contribution is 2.41. The Morgan fingerprint density at radius 1 is 1.27 bits per heavy atom. The highest BCUT2D eigenvalue weighted by molar-refractivity contribution is 7.09. The Hall–Kier alpha value is -2.02. The second kappa shape index (κ2) is 5.31.